The molecule has 5 nitrogen and oxygen atoms in total. The molecule has 0 spiro atoms. The lowest BCUT2D eigenvalue weighted by atomic mass is 10.3. The Hall–Kier alpha value is -1.99. The number of H-pyrrole nitrogens is 1. The van der Waals surface area contributed by atoms with Gasteiger partial charge in [-0.05, 0) is 43.7 Å². The summed E-state index contributed by atoms with van der Waals surface area (Å²) in [5.74, 6) is 2.46. The number of fused-ring (bicyclic) bond motifs is 1. The van der Waals surface area contributed by atoms with E-state index in [1.165, 1.54) is 11.8 Å². The highest BCUT2D eigenvalue weighted by Gasteiger charge is 2.07. The highest BCUT2D eigenvalue weighted by molar-refractivity contribution is 7.99. The SMILES string of the molecule is COc1ccc(OCCCSc2nc3sc(C)cc3c(=O)[nH]2)cc1. The summed E-state index contributed by atoms with van der Waals surface area (Å²) in [4.78, 5) is 21.2. The fraction of sp³-hybridized carbons (Fsp3) is 0.294. The van der Waals surface area contributed by atoms with Gasteiger partial charge in [-0.1, -0.05) is 11.8 Å². The molecule has 0 saturated carbocycles. The third-order valence-corrected chi connectivity index (χ3v) is 5.26. The molecule has 0 amide bonds. The number of thiophene rings is 1. The number of aromatic amines is 1. The number of methoxy groups -OCH3 is 1. The zero-order chi connectivity index (χ0) is 16.9. The second-order valence-electron chi connectivity index (χ2n) is 5.17. The zero-order valence-electron chi connectivity index (χ0n) is 13.5. The highest BCUT2D eigenvalue weighted by Crippen LogP contribution is 2.23. The fourth-order valence-electron chi connectivity index (χ4n) is 2.19. The third-order valence-electron chi connectivity index (χ3n) is 3.36. The molecular formula is C17H18N2O3S2. The second kappa shape index (κ2) is 7.72. The van der Waals surface area contributed by atoms with E-state index in [4.69, 9.17) is 9.47 Å². The average molecular weight is 362 g/mol. The molecule has 0 bridgehead atoms. The molecule has 0 saturated heterocycles. The molecule has 7 heteroatoms. The van der Waals surface area contributed by atoms with Crippen LogP contribution >= 0.6 is 23.1 Å². The van der Waals surface area contributed by atoms with Crippen molar-refractivity contribution in [3.8, 4) is 11.5 Å². The van der Waals surface area contributed by atoms with Crippen molar-refractivity contribution in [1.82, 2.24) is 9.97 Å². The normalized spacial score (nSPS) is 10.9. The molecule has 1 aromatic carbocycles. The monoisotopic (exact) mass is 362 g/mol. The van der Waals surface area contributed by atoms with E-state index in [0.717, 1.165) is 33.4 Å². The topological polar surface area (TPSA) is 64.2 Å². The van der Waals surface area contributed by atoms with E-state index < -0.39 is 0 Å². The minimum atomic E-state index is -0.0682. The van der Waals surface area contributed by atoms with E-state index in [2.05, 4.69) is 9.97 Å². The molecule has 3 rings (SSSR count). The molecule has 1 N–H and O–H groups in total. The van der Waals surface area contributed by atoms with Crippen LogP contribution in [-0.2, 0) is 0 Å². The molecule has 0 fully saturated rings. The Bertz CT molecular complexity index is 872. The van der Waals surface area contributed by atoms with Gasteiger partial charge in [-0.3, -0.25) is 4.79 Å². The molecular weight excluding hydrogens is 344 g/mol. The molecule has 2 aromatic heterocycles. The van der Waals surface area contributed by atoms with Gasteiger partial charge in [0.15, 0.2) is 5.16 Å². The van der Waals surface area contributed by atoms with Gasteiger partial charge in [0.2, 0.25) is 0 Å². The Labute approximate surface area is 148 Å². The maximum Gasteiger partial charge on any atom is 0.260 e. The average Bonchev–Trinajstić information content (AvgIpc) is 2.96. The minimum absolute atomic E-state index is 0.0682. The number of ether oxygens (including phenoxy) is 2. The van der Waals surface area contributed by atoms with Gasteiger partial charge in [0.25, 0.3) is 5.56 Å². The first-order valence-electron chi connectivity index (χ1n) is 7.56. The van der Waals surface area contributed by atoms with E-state index in [1.54, 1.807) is 18.4 Å². The van der Waals surface area contributed by atoms with Crippen molar-refractivity contribution in [3.63, 3.8) is 0 Å². The number of nitrogens with one attached hydrogen (secondary N) is 1. The summed E-state index contributed by atoms with van der Waals surface area (Å²) in [6.07, 6.45) is 0.863. The molecule has 3 aromatic rings. The molecule has 0 unspecified atom stereocenters. The van der Waals surface area contributed by atoms with Crippen molar-refractivity contribution in [1.29, 1.82) is 0 Å². The maximum atomic E-state index is 12.0. The molecule has 0 aliphatic carbocycles. The van der Waals surface area contributed by atoms with Gasteiger partial charge in [-0.2, -0.15) is 0 Å². The van der Waals surface area contributed by atoms with Gasteiger partial charge >= 0.3 is 0 Å². The predicted octanol–water partition coefficient (Wildman–Crippen LogP) is 3.86. The van der Waals surface area contributed by atoms with E-state index in [0.29, 0.717) is 17.1 Å². The summed E-state index contributed by atoms with van der Waals surface area (Å²) in [6.45, 7) is 2.60. The molecule has 0 radical (unpaired) electrons. The van der Waals surface area contributed by atoms with Gasteiger partial charge in [-0.15, -0.1) is 11.3 Å². The standard InChI is InChI=1S/C17H18N2O3S2/c1-11-10-14-15(20)18-17(19-16(14)24-11)23-9-3-8-22-13-6-4-12(21-2)5-7-13/h4-7,10H,3,8-9H2,1-2H3,(H,18,19,20). The van der Waals surface area contributed by atoms with Crippen molar-refractivity contribution < 1.29 is 9.47 Å². The Morgan fingerprint density at radius 3 is 2.75 bits per heavy atom. The maximum absolute atomic E-state index is 12.0. The number of benzene rings is 1. The molecule has 0 aliphatic rings. The summed E-state index contributed by atoms with van der Waals surface area (Å²) < 4.78 is 10.8. The molecule has 0 aliphatic heterocycles. The van der Waals surface area contributed by atoms with Crippen molar-refractivity contribution in [2.24, 2.45) is 0 Å². The molecule has 24 heavy (non-hydrogen) atoms. The fourth-order valence-corrected chi connectivity index (χ4v) is 3.90. The summed E-state index contributed by atoms with van der Waals surface area (Å²) in [5, 5.41) is 1.34. The Balaban J connectivity index is 1.48. The summed E-state index contributed by atoms with van der Waals surface area (Å²) in [5.41, 5.74) is -0.0682. The Kier molecular flexibility index (Phi) is 5.42. The smallest absolute Gasteiger partial charge is 0.260 e. The number of aryl methyl sites for hydroxylation is 1. The van der Waals surface area contributed by atoms with Crippen LogP contribution in [0.1, 0.15) is 11.3 Å². The predicted molar refractivity (Wildman–Crippen MR) is 98.8 cm³/mol. The van der Waals surface area contributed by atoms with Gasteiger partial charge in [-0.25, -0.2) is 4.98 Å². The van der Waals surface area contributed by atoms with Crippen LogP contribution in [0, 0.1) is 6.92 Å². The Morgan fingerprint density at radius 2 is 2.00 bits per heavy atom. The first-order valence-corrected chi connectivity index (χ1v) is 9.36. The van der Waals surface area contributed by atoms with E-state index in [9.17, 15) is 4.79 Å². The van der Waals surface area contributed by atoms with Crippen LogP contribution in [-0.4, -0.2) is 29.4 Å². The van der Waals surface area contributed by atoms with Crippen LogP contribution in [0.2, 0.25) is 0 Å². The minimum Gasteiger partial charge on any atom is -0.497 e. The van der Waals surface area contributed by atoms with Crippen LogP contribution < -0.4 is 15.0 Å². The Morgan fingerprint density at radius 1 is 1.25 bits per heavy atom. The van der Waals surface area contributed by atoms with Gasteiger partial charge in [0.1, 0.15) is 16.3 Å². The lowest BCUT2D eigenvalue weighted by molar-refractivity contribution is 0.318. The first kappa shape index (κ1) is 16.9. The second-order valence-corrected chi connectivity index (χ2v) is 7.49. The molecule has 2 heterocycles. The number of rotatable bonds is 7. The van der Waals surface area contributed by atoms with Crippen LogP contribution in [0.15, 0.2) is 40.3 Å². The van der Waals surface area contributed by atoms with Gasteiger partial charge in [0.05, 0.1) is 19.1 Å². The summed E-state index contributed by atoms with van der Waals surface area (Å²) in [7, 11) is 1.64. The van der Waals surface area contributed by atoms with Gasteiger partial charge < -0.3 is 14.5 Å². The zero-order valence-corrected chi connectivity index (χ0v) is 15.1. The van der Waals surface area contributed by atoms with Crippen LogP contribution in [0.3, 0.4) is 0 Å². The highest BCUT2D eigenvalue weighted by atomic mass is 32.2. The van der Waals surface area contributed by atoms with Crippen molar-refractivity contribution >= 4 is 33.3 Å². The van der Waals surface area contributed by atoms with Crippen molar-refractivity contribution in [3.05, 3.63) is 45.6 Å². The summed E-state index contributed by atoms with van der Waals surface area (Å²) in [6, 6.07) is 9.40. The lowest BCUT2D eigenvalue weighted by Gasteiger charge is -2.06. The lowest BCUT2D eigenvalue weighted by Crippen LogP contribution is -2.08. The van der Waals surface area contributed by atoms with Crippen molar-refractivity contribution in [2.45, 2.75) is 18.5 Å². The number of hydrogen-bond acceptors (Lipinski definition) is 6. The van der Waals surface area contributed by atoms with Crippen LogP contribution in [0.25, 0.3) is 10.2 Å². The summed E-state index contributed by atoms with van der Waals surface area (Å²) >= 11 is 3.08. The van der Waals surface area contributed by atoms with Crippen molar-refractivity contribution in [2.75, 3.05) is 19.5 Å². The number of aromatic nitrogens is 2. The quantitative estimate of drug-likeness (QED) is 0.393. The molecule has 0 atom stereocenters. The number of nitrogens with zero attached hydrogens (tertiary/aromatic N) is 1. The first-order chi connectivity index (χ1) is 11.7. The largest absolute Gasteiger partial charge is 0.497 e. The van der Waals surface area contributed by atoms with E-state index >= 15 is 0 Å². The third kappa shape index (κ3) is 4.10. The van der Waals surface area contributed by atoms with Crippen LogP contribution in [0.5, 0.6) is 11.5 Å². The van der Waals surface area contributed by atoms with Gasteiger partial charge in [0, 0.05) is 10.6 Å². The van der Waals surface area contributed by atoms with E-state index in [-0.39, 0.29) is 5.56 Å². The number of hydrogen-bond donors (Lipinski definition) is 1. The molecule has 126 valence electrons. The van der Waals surface area contributed by atoms with E-state index in [1.807, 2.05) is 37.3 Å². The van der Waals surface area contributed by atoms with Crippen LogP contribution in [0.4, 0.5) is 0 Å². The number of thioether (sulfide) groups is 1.